The lowest BCUT2D eigenvalue weighted by atomic mass is 10.2. The molecular formula is C16H17N9O2. The van der Waals surface area contributed by atoms with Crippen LogP contribution in [0.4, 0.5) is 16.7 Å². The van der Waals surface area contributed by atoms with Crippen LogP contribution in [0.1, 0.15) is 24.5 Å². The Balaban J connectivity index is 1.53. The molecule has 1 atom stereocenters. The van der Waals surface area contributed by atoms with E-state index in [1.807, 2.05) is 25.3 Å². The number of cyclic esters (lactones) is 1. The summed E-state index contributed by atoms with van der Waals surface area (Å²) in [5.41, 5.74) is 0.779. The fourth-order valence-electron chi connectivity index (χ4n) is 2.61. The van der Waals surface area contributed by atoms with Gasteiger partial charge in [-0.15, -0.1) is 5.10 Å². The molecule has 1 aliphatic rings. The van der Waals surface area contributed by atoms with Gasteiger partial charge in [0.25, 0.3) is 0 Å². The van der Waals surface area contributed by atoms with Crippen molar-refractivity contribution in [2.75, 3.05) is 23.4 Å². The number of nitrogens with one attached hydrogen (secondary N) is 1. The second kappa shape index (κ2) is 6.94. The molecule has 0 aromatic carbocycles. The van der Waals surface area contributed by atoms with Gasteiger partial charge in [-0.25, -0.2) is 14.7 Å². The largest absolute Gasteiger partial charge is 0.447 e. The molecule has 0 unspecified atom stereocenters. The van der Waals surface area contributed by atoms with Crippen LogP contribution >= 0.6 is 0 Å². The molecule has 11 heteroatoms. The predicted octanol–water partition coefficient (Wildman–Crippen LogP) is 1.29. The molecule has 0 spiro atoms. The number of aryl methyl sites for hydroxylation is 1. The Morgan fingerprint density at radius 3 is 2.93 bits per heavy atom. The molecule has 11 nitrogen and oxygen atoms in total. The van der Waals surface area contributed by atoms with Crippen LogP contribution in [0.3, 0.4) is 0 Å². The second-order valence-corrected chi connectivity index (χ2v) is 5.93. The van der Waals surface area contributed by atoms with Crippen molar-refractivity contribution in [1.82, 2.24) is 34.7 Å². The van der Waals surface area contributed by atoms with E-state index in [0.29, 0.717) is 30.7 Å². The summed E-state index contributed by atoms with van der Waals surface area (Å²) in [6.07, 6.45) is 4.68. The zero-order chi connectivity index (χ0) is 18.8. The molecule has 1 N–H and O–H groups in total. The van der Waals surface area contributed by atoms with Crippen LogP contribution in [-0.2, 0) is 4.74 Å². The minimum Gasteiger partial charge on any atom is -0.447 e. The van der Waals surface area contributed by atoms with Crippen LogP contribution in [-0.4, -0.2) is 53.9 Å². The number of hydrogen-bond donors (Lipinski definition) is 1. The fourth-order valence-corrected chi connectivity index (χ4v) is 2.61. The highest BCUT2D eigenvalue weighted by molar-refractivity contribution is 5.87. The lowest BCUT2D eigenvalue weighted by Gasteiger charge is -2.15. The molecule has 0 radical (unpaired) electrons. The van der Waals surface area contributed by atoms with Crippen LogP contribution in [0.5, 0.6) is 0 Å². The van der Waals surface area contributed by atoms with Gasteiger partial charge in [-0.2, -0.15) is 20.1 Å². The predicted molar refractivity (Wildman–Crippen MR) is 94.4 cm³/mol. The molecule has 3 aromatic rings. The molecule has 3 aromatic heterocycles. The van der Waals surface area contributed by atoms with E-state index in [0.717, 1.165) is 5.69 Å². The third-order valence-corrected chi connectivity index (χ3v) is 3.95. The summed E-state index contributed by atoms with van der Waals surface area (Å²) in [5, 5.41) is 11.1. The molecule has 27 heavy (non-hydrogen) atoms. The van der Waals surface area contributed by atoms with Gasteiger partial charge in [-0.3, -0.25) is 4.57 Å². The molecular weight excluding hydrogens is 350 g/mol. The van der Waals surface area contributed by atoms with Crippen molar-refractivity contribution >= 4 is 18.0 Å². The van der Waals surface area contributed by atoms with E-state index in [-0.39, 0.29) is 12.0 Å². The Kier molecular flexibility index (Phi) is 4.32. The standard InChI is InChI=1S/C16H17N9O2/c1-10(12-8-24(9-17-12)13-4-3-5-18-23-13)19-14-20-11(2)21-15(22-14)25-6-7-27-16(25)26/h3-5,8-10H,6-7H2,1-2H3,(H,19,20,21,22)/t10-/m0/s1. The molecule has 1 fully saturated rings. The Bertz CT molecular complexity index is 960. The molecule has 1 saturated heterocycles. The molecule has 0 aliphatic carbocycles. The van der Waals surface area contributed by atoms with Gasteiger partial charge in [0.15, 0.2) is 5.82 Å². The monoisotopic (exact) mass is 367 g/mol. The van der Waals surface area contributed by atoms with Crippen LogP contribution in [0.25, 0.3) is 5.82 Å². The van der Waals surface area contributed by atoms with E-state index in [1.165, 1.54) is 4.90 Å². The van der Waals surface area contributed by atoms with E-state index in [9.17, 15) is 4.79 Å². The van der Waals surface area contributed by atoms with Crippen molar-refractivity contribution in [3.05, 3.63) is 42.4 Å². The van der Waals surface area contributed by atoms with Gasteiger partial charge in [0, 0.05) is 12.4 Å². The number of carbonyl (C=O) groups is 1. The topological polar surface area (TPSA) is 124 Å². The molecule has 0 bridgehead atoms. The Morgan fingerprint density at radius 2 is 2.19 bits per heavy atom. The highest BCUT2D eigenvalue weighted by atomic mass is 16.6. The highest BCUT2D eigenvalue weighted by Crippen LogP contribution is 2.19. The summed E-state index contributed by atoms with van der Waals surface area (Å²) in [4.78, 5) is 30.4. The summed E-state index contributed by atoms with van der Waals surface area (Å²) < 4.78 is 6.72. The van der Waals surface area contributed by atoms with Gasteiger partial charge in [0.05, 0.1) is 18.3 Å². The quantitative estimate of drug-likeness (QED) is 0.710. The van der Waals surface area contributed by atoms with Crippen molar-refractivity contribution < 1.29 is 9.53 Å². The molecule has 4 rings (SSSR count). The average molecular weight is 367 g/mol. The van der Waals surface area contributed by atoms with E-state index in [2.05, 4.69) is 35.5 Å². The number of rotatable bonds is 5. The molecule has 1 aliphatic heterocycles. The van der Waals surface area contributed by atoms with Gasteiger partial charge >= 0.3 is 6.09 Å². The van der Waals surface area contributed by atoms with Crippen molar-refractivity contribution in [2.45, 2.75) is 19.9 Å². The highest BCUT2D eigenvalue weighted by Gasteiger charge is 2.27. The number of nitrogens with zero attached hydrogens (tertiary/aromatic N) is 8. The number of carbonyl (C=O) groups excluding carboxylic acids is 1. The van der Waals surface area contributed by atoms with Crippen molar-refractivity contribution in [1.29, 1.82) is 0 Å². The SMILES string of the molecule is Cc1nc(N[C@@H](C)c2cn(-c3cccnn3)cn2)nc(N2CCOC2=O)n1. The first-order valence-corrected chi connectivity index (χ1v) is 8.35. The maximum Gasteiger partial charge on any atom is 0.416 e. The Labute approximate surface area is 154 Å². The van der Waals surface area contributed by atoms with Gasteiger partial charge in [-0.1, -0.05) is 0 Å². The second-order valence-electron chi connectivity index (χ2n) is 5.93. The first kappa shape index (κ1) is 16.8. The third kappa shape index (κ3) is 3.52. The minimum atomic E-state index is -0.456. The zero-order valence-electron chi connectivity index (χ0n) is 14.8. The molecule has 138 valence electrons. The fraction of sp³-hybridized carbons (Fsp3) is 0.312. The van der Waals surface area contributed by atoms with Gasteiger partial charge < -0.3 is 10.1 Å². The number of aromatic nitrogens is 7. The first-order valence-electron chi connectivity index (χ1n) is 8.35. The van der Waals surface area contributed by atoms with Gasteiger partial charge in [0.1, 0.15) is 18.8 Å². The summed E-state index contributed by atoms with van der Waals surface area (Å²) in [6.45, 7) is 4.42. The van der Waals surface area contributed by atoms with Crippen molar-refractivity contribution in [3.8, 4) is 5.82 Å². The number of hydrogen-bond acceptors (Lipinski definition) is 9. The van der Waals surface area contributed by atoms with E-state index < -0.39 is 6.09 Å². The number of amides is 1. The van der Waals surface area contributed by atoms with Gasteiger partial charge in [0.2, 0.25) is 11.9 Å². The summed E-state index contributed by atoms with van der Waals surface area (Å²) in [6, 6.07) is 3.47. The van der Waals surface area contributed by atoms with E-state index in [4.69, 9.17) is 4.74 Å². The van der Waals surface area contributed by atoms with Gasteiger partial charge in [-0.05, 0) is 26.0 Å². The summed E-state index contributed by atoms with van der Waals surface area (Å²) in [5.74, 6) is 1.80. The van der Waals surface area contributed by atoms with Crippen LogP contribution in [0.2, 0.25) is 0 Å². The number of anilines is 2. The maximum absolute atomic E-state index is 11.7. The number of ether oxygens (including phenoxy) is 1. The molecule has 1 amide bonds. The van der Waals surface area contributed by atoms with Crippen LogP contribution < -0.4 is 10.2 Å². The van der Waals surface area contributed by atoms with Crippen molar-refractivity contribution in [3.63, 3.8) is 0 Å². The van der Waals surface area contributed by atoms with Crippen LogP contribution in [0, 0.1) is 6.92 Å². The van der Waals surface area contributed by atoms with Crippen LogP contribution in [0.15, 0.2) is 30.9 Å². The van der Waals surface area contributed by atoms with Crippen molar-refractivity contribution in [2.24, 2.45) is 0 Å². The summed E-state index contributed by atoms with van der Waals surface area (Å²) >= 11 is 0. The smallest absolute Gasteiger partial charge is 0.416 e. The zero-order valence-corrected chi connectivity index (χ0v) is 14.8. The van der Waals surface area contributed by atoms with E-state index >= 15 is 0 Å². The minimum absolute atomic E-state index is 0.178. The normalized spacial score (nSPS) is 14.9. The maximum atomic E-state index is 11.7. The third-order valence-electron chi connectivity index (χ3n) is 3.95. The Hall–Kier alpha value is -3.63. The first-order chi connectivity index (χ1) is 13.1. The Morgan fingerprint density at radius 1 is 1.30 bits per heavy atom. The summed E-state index contributed by atoms with van der Waals surface area (Å²) in [7, 11) is 0. The molecule has 4 heterocycles. The average Bonchev–Trinajstić information content (AvgIpc) is 3.31. The number of imidazole rings is 1. The van der Waals surface area contributed by atoms with E-state index in [1.54, 1.807) is 24.0 Å². The lowest BCUT2D eigenvalue weighted by molar-refractivity contribution is 0.181. The lowest BCUT2D eigenvalue weighted by Crippen LogP contribution is -2.26. The molecule has 0 saturated carbocycles.